The van der Waals surface area contributed by atoms with Gasteiger partial charge in [0.05, 0.1) is 33.2 Å². The van der Waals surface area contributed by atoms with Gasteiger partial charge in [-0.3, -0.25) is 9.59 Å². The average Bonchev–Trinajstić information content (AvgIpc) is 3.03. The zero-order chi connectivity index (χ0) is 23.4. The van der Waals surface area contributed by atoms with Gasteiger partial charge in [0.2, 0.25) is 11.7 Å². The van der Waals surface area contributed by atoms with Crippen molar-refractivity contribution in [1.29, 1.82) is 0 Å². The third-order valence-electron chi connectivity index (χ3n) is 4.52. The number of carbonyl (C=O) groups excluding carboxylic acids is 2. The van der Waals surface area contributed by atoms with Crippen LogP contribution >= 0.6 is 11.3 Å². The molecule has 1 aliphatic rings. The van der Waals surface area contributed by atoms with Crippen LogP contribution < -0.4 is 5.32 Å². The highest BCUT2D eigenvalue weighted by Gasteiger charge is 2.71. The van der Waals surface area contributed by atoms with E-state index in [-0.39, 0.29) is 10.4 Å². The molecule has 6 nitrogen and oxygen atoms in total. The van der Waals surface area contributed by atoms with E-state index in [0.717, 1.165) is 29.5 Å². The van der Waals surface area contributed by atoms with Gasteiger partial charge in [-0.05, 0) is 29.1 Å². The SMILES string of the molecule is O=C(CC(O)(C(F)(F)F)C(F)(F)F)Nc1cccc2c1C(=O)c1sccc1CS2(=O)=O. The van der Waals surface area contributed by atoms with E-state index in [2.05, 4.69) is 0 Å². The third kappa shape index (κ3) is 3.94. The number of carbonyl (C=O) groups is 2. The summed E-state index contributed by atoms with van der Waals surface area (Å²) >= 11 is 0.891. The number of aliphatic hydroxyl groups is 1. The Bertz CT molecular complexity index is 1150. The molecule has 2 N–H and O–H groups in total. The van der Waals surface area contributed by atoms with E-state index in [9.17, 15) is 49.5 Å². The third-order valence-corrected chi connectivity index (χ3v) is 7.17. The minimum Gasteiger partial charge on any atom is -0.373 e. The minimum absolute atomic E-state index is 0.00566. The van der Waals surface area contributed by atoms with Crippen molar-refractivity contribution in [3.8, 4) is 0 Å². The van der Waals surface area contributed by atoms with Crippen LogP contribution in [-0.2, 0) is 20.4 Å². The molecule has 2 heterocycles. The maximum atomic E-state index is 12.9. The quantitative estimate of drug-likeness (QED) is 0.646. The van der Waals surface area contributed by atoms with Crippen molar-refractivity contribution in [2.75, 3.05) is 5.32 Å². The van der Waals surface area contributed by atoms with E-state index in [4.69, 9.17) is 0 Å². The molecule has 1 aromatic heterocycles. The van der Waals surface area contributed by atoms with E-state index >= 15 is 0 Å². The van der Waals surface area contributed by atoms with E-state index in [1.807, 2.05) is 0 Å². The molecule has 3 rings (SSSR count). The van der Waals surface area contributed by atoms with Crippen LogP contribution in [0.3, 0.4) is 0 Å². The highest BCUT2D eigenvalue weighted by atomic mass is 32.2. The van der Waals surface area contributed by atoms with Gasteiger partial charge < -0.3 is 10.4 Å². The fourth-order valence-electron chi connectivity index (χ4n) is 2.96. The summed E-state index contributed by atoms with van der Waals surface area (Å²) in [6.45, 7) is 0. The van der Waals surface area contributed by atoms with Gasteiger partial charge in [0.25, 0.3) is 5.60 Å². The molecule has 0 atom stereocenters. The number of anilines is 1. The molecule has 0 bridgehead atoms. The summed E-state index contributed by atoms with van der Waals surface area (Å²) < 4.78 is 102. The predicted molar refractivity (Wildman–Crippen MR) is 95.4 cm³/mol. The summed E-state index contributed by atoms with van der Waals surface area (Å²) in [5, 5.41) is 12.3. The Morgan fingerprint density at radius 3 is 2.29 bits per heavy atom. The van der Waals surface area contributed by atoms with Crippen LogP contribution in [0.2, 0.25) is 0 Å². The Morgan fingerprint density at radius 1 is 1.10 bits per heavy atom. The molecular formula is C17H11F6NO5S2. The summed E-state index contributed by atoms with van der Waals surface area (Å²) in [4.78, 5) is 24.4. The largest absolute Gasteiger partial charge is 0.426 e. The Hall–Kier alpha value is -2.45. The van der Waals surface area contributed by atoms with Crippen LogP contribution in [0.25, 0.3) is 0 Å². The molecule has 31 heavy (non-hydrogen) atoms. The topological polar surface area (TPSA) is 101 Å². The number of thiophene rings is 1. The second-order valence-corrected chi connectivity index (χ2v) is 9.50. The summed E-state index contributed by atoms with van der Waals surface area (Å²) in [7, 11) is -4.11. The first-order valence-electron chi connectivity index (χ1n) is 8.21. The molecule has 0 fully saturated rings. The molecule has 1 aliphatic heterocycles. The lowest BCUT2D eigenvalue weighted by atomic mass is 9.97. The molecule has 0 aliphatic carbocycles. The van der Waals surface area contributed by atoms with Gasteiger partial charge in [-0.2, -0.15) is 26.3 Å². The summed E-state index contributed by atoms with van der Waals surface area (Å²) in [6, 6.07) is 4.46. The van der Waals surface area contributed by atoms with Crippen molar-refractivity contribution < 1.29 is 49.5 Å². The van der Waals surface area contributed by atoms with Gasteiger partial charge in [0.1, 0.15) is 0 Å². The maximum absolute atomic E-state index is 12.9. The smallest absolute Gasteiger partial charge is 0.373 e. The summed E-state index contributed by atoms with van der Waals surface area (Å²) in [6.07, 6.45) is -14.9. The first kappa shape index (κ1) is 23.2. The molecular weight excluding hydrogens is 476 g/mol. The van der Waals surface area contributed by atoms with Crippen LogP contribution in [-0.4, -0.2) is 43.2 Å². The number of hydrogen-bond donors (Lipinski definition) is 2. The van der Waals surface area contributed by atoms with Crippen LogP contribution in [0.5, 0.6) is 0 Å². The monoisotopic (exact) mass is 487 g/mol. The van der Waals surface area contributed by atoms with Crippen LogP contribution in [0.15, 0.2) is 34.5 Å². The van der Waals surface area contributed by atoms with E-state index < -0.39 is 67.8 Å². The Balaban J connectivity index is 2.04. The molecule has 0 spiro atoms. The van der Waals surface area contributed by atoms with Crippen molar-refractivity contribution in [3.63, 3.8) is 0 Å². The lowest BCUT2D eigenvalue weighted by Gasteiger charge is -2.31. The summed E-state index contributed by atoms with van der Waals surface area (Å²) in [5.74, 6) is -3.34. The van der Waals surface area contributed by atoms with E-state index in [0.29, 0.717) is 0 Å². The second kappa shape index (κ2) is 7.31. The van der Waals surface area contributed by atoms with Gasteiger partial charge in [-0.1, -0.05) is 6.07 Å². The average molecular weight is 487 g/mol. The number of hydrogen-bond acceptors (Lipinski definition) is 6. The first-order chi connectivity index (χ1) is 14.1. The molecule has 0 saturated carbocycles. The molecule has 0 radical (unpaired) electrons. The zero-order valence-corrected chi connectivity index (χ0v) is 16.6. The number of amides is 1. The number of benzene rings is 1. The number of alkyl halides is 6. The van der Waals surface area contributed by atoms with Crippen molar-refractivity contribution in [3.05, 3.63) is 45.6 Å². The predicted octanol–water partition coefficient (Wildman–Crippen LogP) is 3.45. The van der Waals surface area contributed by atoms with Gasteiger partial charge in [0, 0.05) is 0 Å². The highest BCUT2D eigenvalue weighted by Crippen LogP contribution is 2.45. The molecule has 14 heteroatoms. The van der Waals surface area contributed by atoms with E-state index in [1.54, 1.807) is 5.32 Å². The molecule has 1 amide bonds. The minimum atomic E-state index is -6.22. The zero-order valence-electron chi connectivity index (χ0n) is 15.0. The first-order valence-corrected chi connectivity index (χ1v) is 10.7. The number of fused-ring (bicyclic) bond motifs is 2. The van der Waals surface area contributed by atoms with Gasteiger partial charge in [0.15, 0.2) is 9.84 Å². The number of nitrogens with one attached hydrogen (secondary N) is 1. The number of rotatable bonds is 3. The Kier molecular flexibility index (Phi) is 5.47. The van der Waals surface area contributed by atoms with Gasteiger partial charge >= 0.3 is 12.4 Å². The second-order valence-electron chi connectivity index (χ2n) is 6.62. The van der Waals surface area contributed by atoms with Crippen molar-refractivity contribution in [2.45, 2.75) is 35.0 Å². The van der Waals surface area contributed by atoms with Crippen LogP contribution in [0.1, 0.15) is 27.2 Å². The van der Waals surface area contributed by atoms with Gasteiger partial charge in [-0.15, -0.1) is 11.3 Å². The molecule has 0 unspecified atom stereocenters. The maximum Gasteiger partial charge on any atom is 0.426 e. The lowest BCUT2D eigenvalue weighted by Crippen LogP contribution is -2.58. The van der Waals surface area contributed by atoms with Crippen molar-refractivity contribution in [1.82, 2.24) is 0 Å². The molecule has 168 valence electrons. The molecule has 0 saturated heterocycles. The normalized spacial score (nSPS) is 16.3. The van der Waals surface area contributed by atoms with Crippen molar-refractivity contribution in [2.24, 2.45) is 0 Å². The molecule has 2 aromatic rings. The number of sulfone groups is 1. The Morgan fingerprint density at radius 2 is 1.71 bits per heavy atom. The Labute approximate surface area is 174 Å². The van der Waals surface area contributed by atoms with Crippen LogP contribution in [0.4, 0.5) is 32.0 Å². The van der Waals surface area contributed by atoms with E-state index in [1.165, 1.54) is 11.4 Å². The van der Waals surface area contributed by atoms with Gasteiger partial charge in [-0.25, -0.2) is 8.42 Å². The fraction of sp³-hybridized carbons (Fsp3) is 0.294. The highest BCUT2D eigenvalue weighted by molar-refractivity contribution is 7.90. The number of halogens is 6. The standard InChI is InChI=1S/C17H11F6NO5S2/c18-16(19,20)15(27,17(21,22)23)6-11(25)24-9-2-1-3-10-12(9)13(26)14-8(4-5-30-14)7-31(10,28)29/h1-5,27H,6-7H2,(H,24,25). The van der Waals surface area contributed by atoms with Crippen molar-refractivity contribution >= 4 is 38.6 Å². The fourth-order valence-corrected chi connectivity index (χ4v) is 5.53. The lowest BCUT2D eigenvalue weighted by molar-refractivity contribution is -0.366. The summed E-state index contributed by atoms with van der Waals surface area (Å²) in [5.41, 5.74) is -6.34. The molecule has 1 aromatic carbocycles. The van der Waals surface area contributed by atoms with Crippen LogP contribution in [0, 0.1) is 0 Å². The number of ketones is 1.